The molecule has 3 rings (SSSR count). The fraction of sp³-hybridized carbons (Fsp3) is 0.421. The highest BCUT2D eigenvalue weighted by atomic mass is 32.1. The molecular weight excluding hydrogens is 322 g/mol. The van der Waals surface area contributed by atoms with Crippen LogP contribution < -0.4 is 9.47 Å². The minimum absolute atomic E-state index is 0.179. The van der Waals surface area contributed by atoms with Crippen LogP contribution in [0.5, 0.6) is 11.5 Å². The Kier molecular flexibility index (Phi) is 5.09. The van der Waals surface area contributed by atoms with Crippen LogP contribution >= 0.6 is 11.3 Å². The first-order valence-corrected chi connectivity index (χ1v) is 9.08. The molecule has 1 aliphatic rings. The Bertz CT molecular complexity index is 725. The van der Waals surface area contributed by atoms with Gasteiger partial charge in [-0.2, -0.15) is 0 Å². The number of methoxy groups -OCH3 is 2. The molecular formula is C19H23NO3S. The molecule has 1 amide bonds. The summed E-state index contributed by atoms with van der Waals surface area (Å²) in [6, 6.07) is 8.16. The van der Waals surface area contributed by atoms with E-state index in [4.69, 9.17) is 9.47 Å². The third kappa shape index (κ3) is 3.26. The fourth-order valence-corrected chi connectivity index (χ4v) is 4.24. The number of carbonyl (C=O) groups is 1. The van der Waals surface area contributed by atoms with Crippen molar-refractivity contribution >= 4 is 17.2 Å². The average molecular weight is 345 g/mol. The second-order valence-electron chi connectivity index (χ2n) is 6.00. The molecule has 1 atom stereocenters. The van der Waals surface area contributed by atoms with E-state index < -0.39 is 0 Å². The summed E-state index contributed by atoms with van der Waals surface area (Å²) in [5, 5.41) is 2.12. The van der Waals surface area contributed by atoms with Crippen molar-refractivity contribution in [3.63, 3.8) is 0 Å². The molecule has 4 nitrogen and oxygen atoms in total. The van der Waals surface area contributed by atoms with Crippen LogP contribution in [-0.2, 0) is 17.6 Å². The number of fused-ring (bicyclic) bond motifs is 1. The molecule has 0 N–H and O–H groups in total. The Hall–Kier alpha value is -2.01. The number of carbonyl (C=O) groups excluding carboxylic acids is 1. The number of hydrogen-bond donors (Lipinski definition) is 0. The van der Waals surface area contributed by atoms with Gasteiger partial charge in [-0.25, -0.2) is 0 Å². The van der Waals surface area contributed by atoms with E-state index in [1.165, 1.54) is 10.4 Å². The number of hydrogen-bond acceptors (Lipinski definition) is 4. The number of benzene rings is 1. The summed E-state index contributed by atoms with van der Waals surface area (Å²) in [5.74, 6) is 1.63. The van der Waals surface area contributed by atoms with E-state index in [1.54, 1.807) is 25.6 Å². The van der Waals surface area contributed by atoms with E-state index >= 15 is 0 Å². The summed E-state index contributed by atoms with van der Waals surface area (Å²) >= 11 is 1.80. The number of thiophene rings is 1. The van der Waals surface area contributed by atoms with Gasteiger partial charge >= 0.3 is 0 Å². The molecule has 0 aliphatic carbocycles. The van der Waals surface area contributed by atoms with Gasteiger partial charge in [0, 0.05) is 17.8 Å². The molecule has 1 aromatic heterocycles. The first kappa shape index (κ1) is 16.8. The quantitative estimate of drug-likeness (QED) is 0.826. The van der Waals surface area contributed by atoms with Gasteiger partial charge in [0.25, 0.3) is 0 Å². The molecule has 1 unspecified atom stereocenters. The molecule has 5 heteroatoms. The monoisotopic (exact) mass is 345 g/mol. The molecule has 0 saturated heterocycles. The lowest BCUT2D eigenvalue weighted by Crippen LogP contribution is -2.38. The largest absolute Gasteiger partial charge is 0.493 e. The molecule has 1 aromatic carbocycles. The molecule has 0 radical (unpaired) electrons. The number of amides is 1. The van der Waals surface area contributed by atoms with E-state index in [1.807, 2.05) is 23.1 Å². The van der Waals surface area contributed by atoms with E-state index in [9.17, 15) is 4.79 Å². The highest BCUT2D eigenvalue weighted by Crippen LogP contribution is 2.33. The van der Waals surface area contributed by atoms with Gasteiger partial charge < -0.3 is 14.4 Å². The zero-order valence-electron chi connectivity index (χ0n) is 14.4. The molecule has 0 fully saturated rings. The first-order valence-electron chi connectivity index (χ1n) is 8.20. The summed E-state index contributed by atoms with van der Waals surface area (Å²) in [5.41, 5.74) is 2.40. The van der Waals surface area contributed by atoms with E-state index in [0.29, 0.717) is 24.3 Å². The minimum atomic E-state index is 0.179. The SMILES string of the molecule is COc1ccc(CCC(=O)N2CCc3sccc3C2C)cc1OC. The van der Waals surface area contributed by atoms with Crippen LogP contribution in [0.1, 0.15) is 35.4 Å². The highest BCUT2D eigenvalue weighted by molar-refractivity contribution is 7.10. The van der Waals surface area contributed by atoms with Gasteiger partial charge in [0.1, 0.15) is 0 Å². The minimum Gasteiger partial charge on any atom is -0.493 e. The number of nitrogens with zero attached hydrogens (tertiary/aromatic N) is 1. The van der Waals surface area contributed by atoms with Crippen molar-refractivity contribution in [1.82, 2.24) is 4.90 Å². The van der Waals surface area contributed by atoms with Crippen LogP contribution in [0.15, 0.2) is 29.6 Å². The Morgan fingerprint density at radius 2 is 2.04 bits per heavy atom. The highest BCUT2D eigenvalue weighted by Gasteiger charge is 2.27. The lowest BCUT2D eigenvalue weighted by atomic mass is 10.0. The van der Waals surface area contributed by atoms with Crippen molar-refractivity contribution in [3.05, 3.63) is 45.6 Å². The topological polar surface area (TPSA) is 38.8 Å². The van der Waals surface area contributed by atoms with Gasteiger partial charge in [-0.1, -0.05) is 6.07 Å². The predicted octanol–water partition coefficient (Wildman–Crippen LogP) is 3.84. The van der Waals surface area contributed by atoms with Gasteiger partial charge in [0.15, 0.2) is 11.5 Å². The second kappa shape index (κ2) is 7.26. The Morgan fingerprint density at radius 1 is 1.25 bits per heavy atom. The summed E-state index contributed by atoms with van der Waals surface area (Å²) in [7, 11) is 3.25. The number of rotatable bonds is 5. The second-order valence-corrected chi connectivity index (χ2v) is 7.00. The molecule has 0 bridgehead atoms. The lowest BCUT2D eigenvalue weighted by Gasteiger charge is -2.33. The van der Waals surface area contributed by atoms with Crippen molar-refractivity contribution in [1.29, 1.82) is 0 Å². The number of ether oxygens (including phenoxy) is 2. The normalized spacial score (nSPS) is 16.6. The van der Waals surface area contributed by atoms with Crippen molar-refractivity contribution in [3.8, 4) is 11.5 Å². The maximum atomic E-state index is 12.7. The van der Waals surface area contributed by atoms with E-state index in [2.05, 4.69) is 18.4 Å². The Labute approximate surface area is 147 Å². The molecule has 2 heterocycles. The van der Waals surface area contributed by atoms with E-state index in [-0.39, 0.29) is 11.9 Å². The molecule has 24 heavy (non-hydrogen) atoms. The molecule has 0 spiro atoms. The van der Waals surface area contributed by atoms with Crippen LogP contribution in [0.25, 0.3) is 0 Å². The fourth-order valence-electron chi connectivity index (χ4n) is 3.28. The van der Waals surface area contributed by atoms with Crippen LogP contribution in [0.3, 0.4) is 0 Å². The average Bonchev–Trinajstić information content (AvgIpc) is 3.09. The van der Waals surface area contributed by atoms with Gasteiger partial charge in [0.05, 0.1) is 20.3 Å². The molecule has 0 saturated carbocycles. The summed E-state index contributed by atoms with van der Waals surface area (Å²) in [4.78, 5) is 16.1. The smallest absolute Gasteiger partial charge is 0.223 e. The van der Waals surface area contributed by atoms with Gasteiger partial charge in [0.2, 0.25) is 5.91 Å². The standard InChI is InChI=1S/C19H23NO3S/c1-13-15-9-11-24-18(15)8-10-20(13)19(21)7-5-14-4-6-16(22-2)17(12-14)23-3/h4,6,9,11-13H,5,7-8,10H2,1-3H3. The van der Waals surface area contributed by atoms with Gasteiger partial charge in [-0.15, -0.1) is 11.3 Å². The summed E-state index contributed by atoms with van der Waals surface area (Å²) < 4.78 is 10.6. The first-order chi connectivity index (χ1) is 11.6. The molecule has 128 valence electrons. The summed E-state index contributed by atoms with van der Waals surface area (Å²) in [6.45, 7) is 2.94. The third-order valence-electron chi connectivity index (χ3n) is 4.67. The Balaban J connectivity index is 1.64. The third-order valence-corrected chi connectivity index (χ3v) is 5.67. The van der Waals surface area contributed by atoms with Crippen LogP contribution in [0.2, 0.25) is 0 Å². The van der Waals surface area contributed by atoms with Crippen molar-refractivity contribution < 1.29 is 14.3 Å². The van der Waals surface area contributed by atoms with Crippen LogP contribution in [-0.4, -0.2) is 31.6 Å². The zero-order chi connectivity index (χ0) is 17.1. The lowest BCUT2D eigenvalue weighted by molar-refractivity contribution is -0.133. The molecule has 2 aromatic rings. The van der Waals surface area contributed by atoms with Gasteiger partial charge in [-0.3, -0.25) is 4.79 Å². The zero-order valence-corrected chi connectivity index (χ0v) is 15.2. The number of aryl methyl sites for hydroxylation is 1. The van der Waals surface area contributed by atoms with Crippen molar-refractivity contribution in [2.45, 2.75) is 32.2 Å². The van der Waals surface area contributed by atoms with Crippen LogP contribution in [0.4, 0.5) is 0 Å². The summed E-state index contributed by atoms with van der Waals surface area (Å²) in [6.07, 6.45) is 2.19. The van der Waals surface area contributed by atoms with Crippen molar-refractivity contribution in [2.75, 3.05) is 20.8 Å². The van der Waals surface area contributed by atoms with Gasteiger partial charge in [-0.05, 0) is 54.5 Å². The molecule has 1 aliphatic heterocycles. The predicted molar refractivity (Wildman–Crippen MR) is 96.0 cm³/mol. The maximum absolute atomic E-state index is 12.7. The van der Waals surface area contributed by atoms with E-state index in [0.717, 1.165) is 18.5 Å². The van der Waals surface area contributed by atoms with Crippen LogP contribution in [0, 0.1) is 0 Å². The Morgan fingerprint density at radius 3 is 2.79 bits per heavy atom. The maximum Gasteiger partial charge on any atom is 0.223 e. The van der Waals surface area contributed by atoms with Crippen molar-refractivity contribution in [2.24, 2.45) is 0 Å².